The molecule has 2 heterocycles. The maximum Gasteiger partial charge on any atom is 0.236 e. The molecule has 0 N–H and O–H groups in total. The number of methoxy groups -OCH3 is 1. The second-order valence-corrected chi connectivity index (χ2v) is 6.77. The molecule has 1 aromatic carbocycles. The van der Waals surface area contributed by atoms with Crippen LogP contribution in [0.1, 0.15) is 29.5 Å². The number of likely N-dealkylation sites (N-methyl/N-ethyl adjacent to an activating group) is 1. The van der Waals surface area contributed by atoms with Crippen LogP contribution in [-0.4, -0.2) is 54.0 Å². The number of rotatable bonds is 5. The molecule has 1 saturated heterocycles. The largest absolute Gasteiger partial charge is 0.496 e. The van der Waals surface area contributed by atoms with E-state index in [2.05, 4.69) is 11.8 Å². The van der Waals surface area contributed by atoms with Gasteiger partial charge in [0, 0.05) is 31.7 Å². The molecule has 26 heavy (non-hydrogen) atoms. The summed E-state index contributed by atoms with van der Waals surface area (Å²) < 4.78 is 11.3. The van der Waals surface area contributed by atoms with Crippen LogP contribution in [0.2, 0.25) is 0 Å². The van der Waals surface area contributed by atoms with Gasteiger partial charge in [0.1, 0.15) is 11.5 Å². The number of amides is 1. The number of oxazole rings is 1. The molecule has 0 aliphatic carbocycles. The van der Waals surface area contributed by atoms with Crippen LogP contribution in [0.4, 0.5) is 0 Å². The fraction of sp³-hybridized carbons (Fsp3) is 0.500. The lowest BCUT2D eigenvalue weighted by molar-refractivity contribution is -0.135. The molecule has 0 saturated carbocycles. The lowest BCUT2D eigenvalue weighted by Gasteiger charge is -2.33. The van der Waals surface area contributed by atoms with Gasteiger partial charge in [-0.05, 0) is 51.0 Å². The number of aromatic nitrogens is 1. The number of aryl methyl sites for hydroxylation is 1. The van der Waals surface area contributed by atoms with E-state index in [1.807, 2.05) is 37.8 Å². The Hall–Kier alpha value is -2.34. The zero-order valence-electron chi connectivity index (χ0n) is 16.3. The van der Waals surface area contributed by atoms with Crippen molar-refractivity contribution in [2.75, 3.05) is 33.3 Å². The van der Waals surface area contributed by atoms with Crippen LogP contribution in [-0.2, 0) is 11.3 Å². The highest BCUT2D eigenvalue weighted by atomic mass is 16.5. The van der Waals surface area contributed by atoms with Gasteiger partial charge in [-0.15, -0.1) is 0 Å². The highest BCUT2D eigenvalue weighted by Gasteiger charge is 2.24. The minimum absolute atomic E-state index is 0.182. The first-order valence-electron chi connectivity index (χ1n) is 9.05. The number of benzene rings is 1. The van der Waals surface area contributed by atoms with Crippen molar-refractivity contribution < 1.29 is 13.9 Å². The van der Waals surface area contributed by atoms with Crippen LogP contribution in [0.25, 0.3) is 11.5 Å². The normalized spacial score (nSPS) is 15.6. The van der Waals surface area contributed by atoms with Gasteiger partial charge in [-0.1, -0.05) is 0 Å². The molecule has 0 spiro atoms. The topological polar surface area (TPSA) is 58.8 Å². The zero-order valence-corrected chi connectivity index (χ0v) is 16.3. The Labute approximate surface area is 154 Å². The van der Waals surface area contributed by atoms with Gasteiger partial charge >= 0.3 is 0 Å². The Morgan fingerprint density at radius 3 is 2.62 bits per heavy atom. The van der Waals surface area contributed by atoms with E-state index in [0.717, 1.165) is 53.5 Å². The highest BCUT2D eigenvalue weighted by Crippen LogP contribution is 2.31. The standard InChI is InChI=1S/C20H27N3O3/c1-6-23-10-9-22(12-19(23)24)11-17-15(4)26-20(21-17)16-7-8-18(25-5)14(3)13(16)2/h7-8H,6,9-12H2,1-5H3. The van der Waals surface area contributed by atoms with E-state index in [-0.39, 0.29) is 5.91 Å². The van der Waals surface area contributed by atoms with E-state index in [1.165, 1.54) is 0 Å². The Balaban J connectivity index is 1.80. The zero-order chi connectivity index (χ0) is 18.8. The predicted octanol–water partition coefficient (Wildman–Crippen LogP) is 2.94. The lowest BCUT2D eigenvalue weighted by atomic mass is 10.0. The van der Waals surface area contributed by atoms with Gasteiger partial charge in [0.2, 0.25) is 11.8 Å². The van der Waals surface area contributed by atoms with Crippen LogP contribution >= 0.6 is 0 Å². The molecule has 1 aliphatic rings. The van der Waals surface area contributed by atoms with Crippen LogP contribution in [0.3, 0.4) is 0 Å². The van der Waals surface area contributed by atoms with Crippen LogP contribution in [0, 0.1) is 20.8 Å². The number of carbonyl (C=O) groups is 1. The van der Waals surface area contributed by atoms with E-state index >= 15 is 0 Å². The number of nitrogens with zero attached hydrogens (tertiary/aromatic N) is 3. The van der Waals surface area contributed by atoms with Crippen molar-refractivity contribution in [2.45, 2.75) is 34.2 Å². The van der Waals surface area contributed by atoms with Gasteiger partial charge in [0.15, 0.2) is 0 Å². The monoisotopic (exact) mass is 357 g/mol. The molecule has 140 valence electrons. The Morgan fingerprint density at radius 1 is 1.19 bits per heavy atom. The molecule has 1 amide bonds. The van der Waals surface area contributed by atoms with E-state index in [1.54, 1.807) is 7.11 Å². The van der Waals surface area contributed by atoms with Crippen LogP contribution in [0.5, 0.6) is 5.75 Å². The number of carbonyl (C=O) groups excluding carboxylic acids is 1. The molecular weight excluding hydrogens is 330 g/mol. The minimum Gasteiger partial charge on any atom is -0.496 e. The van der Waals surface area contributed by atoms with E-state index in [9.17, 15) is 4.79 Å². The summed E-state index contributed by atoms with van der Waals surface area (Å²) in [6.45, 7) is 11.5. The van der Waals surface area contributed by atoms with Gasteiger partial charge in [-0.3, -0.25) is 9.69 Å². The summed E-state index contributed by atoms with van der Waals surface area (Å²) in [5, 5.41) is 0. The molecular formula is C20H27N3O3. The van der Waals surface area contributed by atoms with E-state index < -0.39 is 0 Å². The van der Waals surface area contributed by atoms with Gasteiger partial charge in [-0.25, -0.2) is 4.98 Å². The molecule has 1 fully saturated rings. The third-order valence-electron chi connectivity index (χ3n) is 5.23. The summed E-state index contributed by atoms with van der Waals surface area (Å²) in [4.78, 5) is 20.9. The second-order valence-electron chi connectivity index (χ2n) is 6.77. The molecule has 0 bridgehead atoms. The summed E-state index contributed by atoms with van der Waals surface area (Å²) in [5.74, 6) is 2.47. The SMILES string of the molecule is CCN1CCN(Cc2nc(-c3ccc(OC)c(C)c3C)oc2C)CC1=O. The van der Waals surface area contributed by atoms with Gasteiger partial charge in [-0.2, -0.15) is 0 Å². The quantitative estimate of drug-likeness (QED) is 0.823. The summed E-state index contributed by atoms with van der Waals surface area (Å²) in [6, 6.07) is 3.93. The summed E-state index contributed by atoms with van der Waals surface area (Å²) in [5.41, 5.74) is 4.06. The predicted molar refractivity (Wildman–Crippen MR) is 100 cm³/mol. The molecule has 1 aliphatic heterocycles. The lowest BCUT2D eigenvalue weighted by Crippen LogP contribution is -2.49. The average molecular weight is 357 g/mol. The van der Waals surface area contributed by atoms with Crippen LogP contribution in [0.15, 0.2) is 16.5 Å². The summed E-state index contributed by atoms with van der Waals surface area (Å²) in [7, 11) is 1.68. The Morgan fingerprint density at radius 2 is 1.96 bits per heavy atom. The molecule has 0 unspecified atom stereocenters. The highest BCUT2D eigenvalue weighted by molar-refractivity contribution is 5.79. The third-order valence-corrected chi connectivity index (χ3v) is 5.23. The van der Waals surface area contributed by atoms with Crippen molar-refractivity contribution in [2.24, 2.45) is 0 Å². The molecule has 0 atom stereocenters. The molecule has 2 aromatic rings. The average Bonchev–Trinajstić information content (AvgIpc) is 2.98. The van der Waals surface area contributed by atoms with Crippen molar-refractivity contribution in [1.82, 2.24) is 14.8 Å². The van der Waals surface area contributed by atoms with Gasteiger partial charge in [0.25, 0.3) is 0 Å². The number of hydrogen-bond donors (Lipinski definition) is 0. The summed E-state index contributed by atoms with van der Waals surface area (Å²) >= 11 is 0. The third kappa shape index (κ3) is 3.46. The van der Waals surface area contributed by atoms with E-state index in [0.29, 0.717) is 19.0 Å². The first-order chi connectivity index (χ1) is 12.4. The Kier molecular flexibility index (Phi) is 5.32. The summed E-state index contributed by atoms with van der Waals surface area (Å²) in [6.07, 6.45) is 0. The smallest absolute Gasteiger partial charge is 0.236 e. The maximum atomic E-state index is 12.1. The fourth-order valence-corrected chi connectivity index (χ4v) is 3.38. The van der Waals surface area contributed by atoms with Gasteiger partial charge < -0.3 is 14.1 Å². The van der Waals surface area contributed by atoms with Crippen LogP contribution < -0.4 is 4.74 Å². The maximum absolute atomic E-state index is 12.1. The van der Waals surface area contributed by atoms with Crippen molar-refractivity contribution in [1.29, 1.82) is 0 Å². The fourth-order valence-electron chi connectivity index (χ4n) is 3.38. The van der Waals surface area contributed by atoms with Gasteiger partial charge in [0.05, 0.1) is 19.3 Å². The molecule has 6 nitrogen and oxygen atoms in total. The minimum atomic E-state index is 0.182. The van der Waals surface area contributed by atoms with Crippen molar-refractivity contribution in [3.63, 3.8) is 0 Å². The molecule has 1 aromatic heterocycles. The number of hydrogen-bond acceptors (Lipinski definition) is 5. The Bertz CT molecular complexity index is 813. The van der Waals surface area contributed by atoms with Crippen molar-refractivity contribution in [3.05, 3.63) is 34.7 Å². The number of piperazine rings is 1. The molecule has 6 heteroatoms. The van der Waals surface area contributed by atoms with E-state index in [4.69, 9.17) is 14.1 Å². The second kappa shape index (κ2) is 7.50. The molecule has 0 radical (unpaired) electrons. The van der Waals surface area contributed by atoms with Crippen molar-refractivity contribution >= 4 is 5.91 Å². The first-order valence-corrected chi connectivity index (χ1v) is 9.05. The molecule has 3 rings (SSSR count). The van der Waals surface area contributed by atoms with Crippen molar-refractivity contribution in [3.8, 4) is 17.2 Å². The number of ether oxygens (including phenoxy) is 1. The first kappa shape index (κ1) is 18.5.